The third kappa shape index (κ3) is 5.53. The lowest BCUT2D eigenvalue weighted by Gasteiger charge is -2.28. The molecule has 7 nitrogen and oxygen atoms in total. The highest BCUT2D eigenvalue weighted by molar-refractivity contribution is 7.88. The van der Waals surface area contributed by atoms with E-state index < -0.39 is 16.0 Å². The lowest BCUT2D eigenvalue weighted by Crippen LogP contribution is -2.38. The van der Waals surface area contributed by atoms with Gasteiger partial charge in [0.05, 0.1) is 36.5 Å². The third-order valence-corrected chi connectivity index (χ3v) is 6.39. The second-order valence-electron chi connectivity index (χ2n) is 6.40. The minimum absolute atomic E-state index is 0.0209. The maximum atomic E-state index is 13.4. The number of nitrogens with zero attached hydrogens (tertiary/aromatic N) is 3. The van der Waals surface area contributed by atoms with Crippen molar-refractivity contribution in [3.05, 3.63) is 57.4 Å². The van der Waals surface area contributed by atoms with Crippen LogP contribution in [0.25, 0.3) is 0 Å². The molecule has 0 saturated carbocycles. The number of halogens is 2. The van der Waals surface area contributed by atoms with Crippen LogP contribution in [-0.4, -0.2) is 49.2 Å². The van der Waals surface area contributed by atoms with Gasteiger partial charge in [0, 0.05) is 17.3 Å². The Hall–Kier alpha value is -2.01. The monoisotopic (exact) mass is 458 g/mol. The Kier molecular flexibility index (Phi) is 6.89. The van der Waals surface area contributed by atoms with E-state index in [1.165, 1.54) is 33.8 Å². The first kappa shape index (κ1) is 21.7. The molecule has 0 amide bonds. The number of hydrogen-bond donors (Lipinski definition) is 1. The van der Waals surface area contributed by atoms with E-state index >= 15 is 0 Å². The van der Waals surface area contributed by atoms with Gasteiger partial charge >= 0.3 is 10.2 Å². The number of aromatic nitrogens is 1. The molecule has 1 N–H and O–H groups in total. The van der Waals surface area contributed by atoms with Crippen LogP contribution in [0, 0.1) is 5.82 Å². The van der Waals surface area contributed by atoms with Crippen LogP contribution in [0.4, 0.5) is 10.1 Å². The SMILES string of the molecule is CC(C)OCCN1C(CNc2ccc(F)c(Cl)c2)=CC(c2nccs2)=NS1(=O)=O. The Balaban J connectivity index is 1.85. The second kappa shape index (κ2) is 9.21. The lowest BCUT2D eigenvalue weighted by atomic mass is 10.2. The van der Waals surface area contributed by atoms with E-state index in [9.17, 15) is 12.8 Å². The summed E-state index contributed by atoms with van der Waals surface area (Å²) in [6.45, 7) is 4.25. The summed E-state index contributed by atoms with van der Waals surface area (Å²) in [5.41, 5.74) is 1.30. The lowest BCUT2D eigenvalue weighted by molar-refractivity contribution is 0.0742. The van der Waals surface area contributed by atoms with Gasteiger partial charge in [-0.3, -0.25) is 4.31 Å². The first-order valence-corrected chi connectivity index (χ1v) is 11.5. The summed E-state index contributed by atoms with van der Waals surface area (Å²) in [5.74, 6) is -0.526. The molecule has 1 aliphatic heterocycles. The van der Waals surface area contributed by atoms with Crippen molar-refractivity contribution in [2.24, 2.45) is 4.40 Å². The third-order valence-electron chi connectivity index (χ3n) is 3.91. The van der Waals surface area contributed by atoms with Gasteiger partial charge in [-0.15, -0.1) is 15.7 Å². The largest absolute Gasteiger partial charge is 0.379 e. The number of nitrogens with one attached hydrogen (secondary N) is 1. The molecule has 11 heteroatoms. The van der Waals surface area contributed by atoms with Crippen molar-refractivity contribution in [1.82, 2.24) is 9.29 Å². The van der Waals surface area contributed by atoms with Crippen molar-refractivity contribution < 1.29 is 17.5 Å². The molecule has 0 saturated heterocycles. The fraction of sp³-hybridized carbons (Fsp3) is 0.333. The van der Waals surface area contributed by atoms with Crippen LogP contribution in [0.15, 0.2) is 45.9 Å². The number of benzene rings is 1. The molecule has 0 unspecified atom stereocenters. The Labute approximate surface area is 178 Å². The first-order valence-electron chi connectivity index (χ1n) is 8.80. The molecule has 29 heavy (non-hydrogen) atoms. The van der Waals surface area contributed by atoms with Gasteiger partial charge < -0.3 is 10.1 Å². The van der Waals surface area contributed by atoms with Crippen molar-refractivity contribution in [2.75, 3.05) is 25.0 Å². The van der Waals surface area contributed by atoms with Crippen molar-refractivity contribution in [2.45, 2.75) is 20.0 Å². The summed E-state index contributed by atoms with van der Waals surface area (Å²) >= 11 is 7.12. The predicted molar refractivity (Wildman–Crippen MR) is 113 cm³/mol. The van der Waals surface area contributed by atoms with Crippen molar-refractivity contribution >= 4 is 44.5 Å². The van der Waals surface area contributed by atoms with Crippen LogP contribution < -0.4 is 5.32 Å². The molecule has 0 aliphatic carbocycles. The molecule has 0 spiro atoms. The highest BCUT2D eigenvalue weighted by Crippen LogP contribution is 2.24. The van der Waals surface area contributed by atoms with Gasteiger partial charge in [-0.2, -0.15) is 8.42 Å². The Bertz CT molecular complexity index is 1020. The van der Waals surface area contributed by atoms with E-state index in [1.54, 1.807) is 17.7 Å². The van der Waals surface area contributed by atoms with Crippen LogP contribution in [0.3, 0.4) is 0 Å². The van der Waals surface area contributed by atoms with E-state index in [0.29, 0.717) is 16.4 Å². The molecule has 0 bridgehead atoms. The summed E-state index contributed by atoms with van der Waals surface area (Å²) in [7, 11) is -3.95. The molecule has 0 fully saturated rings. The zero-order valence-corrected chi connectivity index (χ0v) is 18.2. The second-order valence-corrected chi connectivity index (χ2v) is 9.22. The highest BCUT2D eigenvalue weighted by Gasteiger charge is 2.29. The minimum Gasteiger partial charge on any atom is -0.379 e. The molecule has 1 aromatic carbocycles. The van der Waals surface area contributed by atoms with E-state index in [1.807, 2.05) is 13.8 Å². The van der Waals surface area contributed by atoms with E-state index in [-0.39, 0.29) is 36.5 Å². The van der Waals surface area contributed by atoms with Crippen molar-refractivity contribution in [1.29, 1.82) is 0 Å². The molecule has 0 radical (unpaired) electrons. The summed E-state index contributed by atoms with van der Waals surface area (Å²) in [6.07, 6.45) is 3.24. The van der Waals surface area contributed by atoms with Crippen LogP contribution in [0.2, 0.25) is 5.02 Å². The molecule has 2 heterocycles. The number of rotatable bonds is 8. The Morgan fingerprint density at radius 2 is 2.17 bits per heavy atom. The molecule has 3 rings (SSSR count). The van der Waals surface area contributed by atoms with Gasteiger partial charge in [0.15, 0.2) is 0 Å². The minimum atomic E-state index is -3.95. The quantitative estimate of drug-likeness (QED) is 0.652. The van der Waals surface area contributed by atoms with Gasteiger partial charge in [-0.1, -0.05) is 11.6 Å². The van der Waals surface area contributed by atoms with E-state index in [0.717, 1.165) is 0 Å². The zero-order valence-electron chi connectivity index (χ0n) is 15.8. The first-order chi connectivity index (χ1) is 13.8. The molecule has 2 aromatic rings. The highest BCUT2D eigenvalue weighted by atomic mass is 35.5. The topological polar surface area (TPSA) is 83.9 Å². The van der Waals surface area contributed by atoms with E-state index in [2.05, 4.69) is 14.7 Å². The number of anilines is 1. The zero-order chi connectivity index (χ0) is 21.0. The molecule has 156 valence electrons. The fourth-order valence-corrected chi connectivity index (χ4v) is 4.64. The fourth-order valence-electron chi connectivity index (χ4n) is 2.60. The van der Waals surface area contributed by atoms with Crippen LogP contribution >= 0.6 is 22.9 Å². The molecule has 1 aliphatic rings. The van der Waals surface area contributed by atoms with Gasteiger partial charge in [0.1, 0.15) is 16.5 Å². The van der Waals surface area contributed by atoms with Crippen molar-refractivity contribution in [3.63, 3.8) is 0 Å². The summed E-state index contributed by atoms with van der Waals surface area (Å²) in [4.78, 5) is 4.15. The van der Waals surface area contributed by atoms with E-state index in [4.69, 9.17) is 16.3 Å². The maximum Gasteiger partial charge on any atom is 0.345 e. The van der Waals surface area contributed by atoms with Crippen LogP contribution in [-0.2, 0) is 14.9 Å². The number of thiazole rings is 1. The molecular weight excluding hydrogens is 439 g/mol. The maximum absolute atomic E-state index is 13.4. The van der Waals surface area contributed by atoms with Crippen LogP contribution in [0.1, 0.15) is 18.9 Å². The Morgan fingerprint density at radius 1 is 1.38 bits per heavy atom. The number of ether oxygens (including phenoxy) is 1. The predicted octanol–water partition coefficient (Wildman–Crippen LogP) is 3.71. The van der Waals surface area contributed by atoms with Gasteiger partial charge in [0.25, 0.3) is 0 Å². The average molecular weight is 459 g/mol. The Morgan fingerprint density at radius 3 is 2.83 bits per heavy atom. The molecule has 0 atom stereocenters. The molecule has 1 aromatic heterocycles. The standard InChI is InChI=1S/C18H20ClFN4O3S2/c1-12(2)27-7-6-24-14(11-22-13-3-4-16(20)15(19)9-13)10-17(23-29(24,25)26)18-21-5-8-28-18/h3-5,8-10,12,22H,6-7,11H2,1-2H3. The number of allylic oxidation sites excluding steroid dienone is 1. The smallest absolute Gasteiger partial charge is 0.345 e. The average Bonchev–Trinajstić information content (AvgIpc) is 3.18. The number of hydrogen-bond acceptors (Lipinski definition) is 6. The summed E-state index contributed by atoms with van der Waals surface area (Å²) in [5, 5.41) is 5.31. The summed E-state index contributed by atoms with van der Waals surface area (Å²) in [6, 6.07) is 4.21. The van der Waals surface area contributed by atoms with Crippen molar-refractivity contribution in [3.8, 4) is 0 Å². The normalized spacial score (nSPS) is 16.0. The van der Waals surface area contributed by atoms with Gasteiger partial charge in [-0.05, 0) is 38.1 Å². The molecular formula is C18H20ClFN4O3S2. The van der Waals surface area contributed by atoms with Gasteiger partial charge in [-0.25, -0.2) is 9.37 Å². The van der Waals surface area contributed by atoms with Gasteiger partial charge in [0.2, 0.25) is 0 Å². The van der Waals surface area contributed by atoms with Crippen LogP contribution in [0.5, 0.6) is 0 Å². The summed E-state index contributed by atoms with van der Waals surface area (Å²) < 4.78 is 49.6.